The average molecular weight is 333 g/mol. The predicted octanol–water partition coefficient (Wildman–Crippen LogP) is 5.73. The van der Waals surface area contributed by atoms with E-state index in [0.717, 1.165) is 5.56 Å². The van der Waals surface area contributed by atoms with Gasteiger partial charge in [-0.1, -0.05) is 40.9 Å². The molecule has 0 bridgehead atoms. The molecule has 0 aliphatic rings. The maximum atomic E-state index is 13.6. The molecule has 106 valence electrons. The SMILES string of the molecule is CNC(C)c1ccc(F)cc1-c1c(Cl)cc(Cl)cc1Cl. The molecule has 20 heavy (non-hydrogen) atoms. The van der Waals surface area contributed by atoms with Crippen molar-refractivity contribution in [3.8, 4) is 11.1 Å². The monoisotopic (exact) mass is 331 g/mol. The van der Waals surface area contributed by atoms with Crippen molar-refractivity contribution in [3.05, 3.63) is 56.8 Å². The molecule has 0 heterocycles. The molecular formula is C15H13Cl3FN. The van der Waals surface area contributed by atoms with Crippen LogP contribution >= 0.6 is 34.8 Å². The van der Waals surface area contributed by atoms with E-state index in [0.29, 0.717) is 26.2 Å². The van der Waals surface area contributed by atoms with Crippen LogP contribution in [0.4, 0.5) is 4.39 Å². The topological polar surface area (TPSA) is 12.0 Å². The second-order valence-electron chi connectivity index (χ2n) is 4.49. The predicted molar refractivity (Wildman–Crippen MR) is 84.3 cm³/mol. The third-order valence-corrected chi connectivity index (χ3v) is 4.01. The van der Waals surface area contributed by atoms with E-state index in [1.54, 1.807) is 18.2 Å². The summed E-state index contributed by atoms with van der Waals surface area (Å²) in [5.74, 6) is -0.339. The largest absolute Gasteiger partial charge is 0.313 e. The first kappa shape index (κ1) is 15.6. The Kier molecular flexibility index (Phi) is 4.92. The third kappa shape index (κ3) is 3.09. The molecule has 0 saturated carbocycles. The quantitative estimate of drug-likeness (QED) is 0.756. The average Bonchev–Trinajstić information content (AvgIpc) is 2.37. The fourth-order valence-corrected chi connectivity index (χ4v) is 3.10. The number of rotatable bonds is 3. The van der Waals surface area contributed by atoms with E-state index < -0.39 is 0 Å². The molecule has 5 heteroatoms. The molecule has 0 fully saturated rings. The molecule has 1 unspecified atom stereocenters. The maximum Gasteiger partial charge on any atom is 0.123 e. The van der Waals surface area contributed by atoms with Crippen LogP contribution in [0.15, 0.2) is 30.3 Å². The van der Waals surface area contributed by atoms with E-state index in [4.69, 9.17) is 34.8 Å². The summed E-state index contributed by atoms with van der Waals surface area (Å²) in [6.45, 7) is 1.98. The van der Waals surface area contributed by atoms with Crippen molar-refractivity contribution < 1.29 is 4.39 Å². The summed E-state index contributed by atoms with van der Waals surface area (Å²) in [5.41, 5.74) is 2.17. The van der Waals surface area contributed by atoms with E-state index in [9.17, 15) is 4.39 Å². The lowest BCUT2D eigenvalue weighted by atomic mass is 9.95. The van der Waals surface area contributed by atoms with Gasteiger partial charge in [0.2, 0.25) is 0 Å². The van der Waals surface area contributed by atoms with Gasteiger partial charge in [0, 0.05) is 16.6 Å². The molecule has 2 aromatic carbocycles. The van der Waals surface area contributed by atoms with E-state index in [1.807, 2.05) is 14.0 Å². The minimum Gasteiger partial charge on any atom is -0.313 e. The number of nitrogens with one attached hydrogen (secondary N) is 1. The van der Waals surface area contributed by atoms with E-state index >= 15 is 0 Å². The summed E-state index contributed by atoms with van der Waals surface area (Å²) in [7, 11) is 1.84. The van der Waals surface area contributed by atoms with Gasteiger partial charge in [-0.3, -0.25) is 0 Å². The molecule has 1 atom stereocenters. The fourth-order valence-electron chi connectivity index (χ4n) is 2.08. The summed E-state index contributed by atoms with van der Waals surface area (Å²) < 4.78 is 13.6. The highest BCUT2D eigenvalue weighted by Crippen LogP contribution is 2.40. The number of benzene rings is 2. The second-order valence-corrected chi connectivity index (χ2v) is 5.74. The maximum absolute atomic E-state index is 13.6. The highest BCUT2D eigenvalue weighted by Gasteiger charge is 2.17. The van der Waals surface area contributed by atoms with Crippen LogP contribution in [0.1, 0.15) is 18.5 Å². The molecule has 0 radical (unpaired) electrons. The Hall–Kier alpha value is -0.800. The Morgan fingerprint density at radius 1 is 1.05 bits per heavy atom. The molecule has 1 nitrogen and oxygen atoms in total. The molecule has 1 N–H and O–H groups in total. The number of halogens is 4. The lowest BCUT2D eigenvalue weighted by molar-refractivity contribution is 0.620. The van der Waals surface area contributed by atoms with Gasteiger partial charge < -0.3 is 5.32 Å². The van der Waals surface area contributed by atoms with Gasteiger partial charge in [-0.2, -0.15) is 0 Å². The highest BCUT2D eigenvalue weighted by molar-refractivity contribution is 6.41. The van der Waals surface area contributed by atoms with Crippen molar-refractivity contribution in [2.75, 3.05) is 7.05 Å². The number of hydrogen-bond donors (Lipinski definition) is 1. The van der Waals surface area contributed by atoms with Crippen molar-refractivity contribution in [2.45, 2.75) is 13.0 Å². The van der Waals surface area contributed by atoms with Crippen molar-refractivity contribution in [3.63, 3.8) is 0 Å². The van der Waals surface area contributed by atoms with Crippen LogP contribution in [0.5, 0.6) is 0 Å². The van der Waals surface area contributed by atoms with Gasteiger partial charge in [-0.05, 0) is 49.4 Å². The summed E-state index contributed by atoms with van der Waals surface area (Å²) in [5, 5.41) is 4.38. The van der Waals surface area contributed by atoms with Crippen LogP contribution in [-0.2, 0) is 0 Å². The summed E-state index contributed by atoms with van der Waals surface area (Å²) in [6.07, 6.45) is 0. The van der Waals surface area contributed by atoms with Crippen molar-refractivity contribution in [1.29, 1.82) is 0 Å². The van der Waals surface area contributed by atoms with Crippen molar-refractivity contribution >= 4 is 34.8 Å². The molecular weight excluding hydrogens is 320 g/mol. The van der Waals surface area contributed by atoms with Crippen molar-refractivity contribution in [1.82, 2.24) is 5.32 Å². The molecule has 0 saturated heterocycles. The fraction of sp³-hybridized carbons (Fsp3) is 0.200. The van der Waals surface area contributed by atoms with Crippen molar-refractivity contribution in [2.24, 2.45) is 0 Å². The first-order chi connectivity index (χ1) is 9.43. The Labute approximate surface area is 132 Å². The van der Waals surface area contributed by atoms with Crippen LogP contribution in [0.2, 0.25) is 15.1 Å². The molecule has 2 rings (SSSR count). The van der Waals surface area contributed by atoms with Crippen LogP contribution in [-0.4, -0.2) is 7.05 Å². The van der Waals surface area contributed by atoms with Gasteiger partial charge in [-0.15, -0.1) is 0 Å². The molecule has 0 aliphatic carbocycles. The smallest absolute Gasteiger partial charge is 0.123 e. The zero-order valence-electron chi connectivity index (χ0n) is 11.0. The lowest BCUT2D eigenvalue weighted by Crippen LogP contribution is -2.13. The van der Waals surface area contributed by atoms with Gasteiger partial charge >= 0.3 is 0 Å². The van der Waals surface area contributed by atoms with Gasteiger partial charge in [0.1, 0.15) is 5.82 Å². The summed E-state index contributed by atoms with van der Waals surface area (Å²) in [6, 6.07) is 7.82. The number of hydrogen-bond acceptors (Lipinski definition) is 1. The minimum atomic E-state index is -0.339. The zero-order chi connectivity index (χ0) is 14.9. The highest BCUT2D eigenvalue weighted by atomic mass is 35.5. The van der Waals surface area contributed by atoms with E-state index in [-0.39, 0.29) is 11.9 Å². The zero-order valence-corrected chi connectivity index (χ0v) is 13.2. The first-order valence-corrected chi connectivity index (χ1v) is 7.19. The minimum absolute atomic E-state index is 0.0356. The molecule has 0 aliphatic heterocycles. The first-order valence-electron chi connectivity index (χ1n) is 6.05. The van der Waals surface area contributed by atoms with Crippen LogP contribution in [0.3, 0.4) is 0 Å². The Bertz CT molecular complexity index is 620. The molecule has 0 amide bonds. The Morgan fingerprint density at radius 3 is 2.20 bits per heavy atom. The third-order valence-electron chi connectivity index (χ3n) is 3.19. The Balaban J connectivity index is 2.72. The molecule has 2 aromatic rings. The molecule has 0 spiro atoms. The van der Waals surface area contributed by atoms with Crippen LogP contribution in [0, 0.1) is 5.82 Å². The van der Waals surface area contributed by atoms with Gasteiger partial charge in [0.05, 0.1) is 10.0 Å². The van der Waals surface area contributed by atoms with E-state index in [1.165, 1.54) is 12.1 Å². The lowest BCUT2D eigenvalue weighted by Gasteiger charge is -2.18. The van der Waals surface area contributed by atoms with Crippen LogP contribution in [0.25, 0.3) is 11.1 Å². The van der Waals surface area contributed by atoms with Gasteiger partial charge in [-0.25, -0.2) is 4.39 Å². The summed E-state index contributed by atoms with van der Waals surface area (Å²) in [4.78, 5) is 0. The van der Waals surface area contributed by atoms with Gasteiger partial charge in [0.15, 0.2) is 0 Å². The second kappa shape index (κ2) is 6.31. The standard InChI is InChI=1S/C15H13Cl3FN/c1-8(20-2)11-4-3-10(19)7-12(11)15-13(17)5-9(16)6-14(15)18/h3-8,20H,1-2H3. The van der Waals surface area contributed by atoms with Gasteiger partial charge in [0.25, 0.3) is 0 Å². The van der Waals surface area contributed by atoms with Crippen LogP contribution < -0.4 is 5.32 Å². The summed E-state index contributed by atoms with van der Waals surface area (Å²) >= 11 is 18.4. The molecule has 0 aromatic heterocycles. The Morgan fingerprint density at radius 2 is 1.65 bits per heavy atom. The normalized spacial score (nSPS) is 12.5. The van der Waals surface area contributed by atoms with E-state index in [2.05, 4.69) is 5.32 Å².